The molecule has 2 amide bonds. The number of halogens is 5. The van der Waals surface area contributed by atoms with Gasteiger partial charge in [-0.05, 0) is 45.4 Å². The number of rotatable bonds is 6. The zero-order valence-corrected chi connectivity index (χ0v) is 23.3. The van der Waals surface area contributed by atoms with Crippen LogP contribution in [0.25, 0.3) is 0 Å². The van der Waals surface area contributed by atoms with E-state index in [1.54, 1.807) is 30.3 Å². The molecule has 13 heteroatoms. The van der Waals surface area contributed by atoms with Crippen LogP contribution >= 0.6 is 67.1 Å². The van der Waals surface area contributed by atoms with Gasteiger partial charge in [-0.3, -0.25) is 14.4 Å². The van der Waals surface area contributed by atoms with Crippen molar-refractivity contribution >= 4 is 106 Å². The van der Waals surface area contributed by atoms with Crippen molar-refractivity contribution in [1.29, 1.82) is 0 Å². The summed E-state index contributed by atoms with van der Waals surface area (Å²) in [4.78, 5) is 41.3. The molecule has 1 atom stereocenters. The van der Waals surface area contributed by atoms with Crippen LogP contribution in [0.2, 0.25) is 20.1 Å². The fraction of sp³-hybridized carbons (Fsp3) is 0.0870. The van der Waals surface area contributed by atoms with Gasteiger partial charge in [-0.2, -0.15) is 10.2 Å². The molecule has 2 aliphatic heterocycles. The van der Waals surface area contributed by atoms with Gasteiger partial charge in [-0.25, -0.2) is 4.99 Å². The van der Waals surface area contributed by atoms with Crippen molar-refractivity contribution in [2.24, 2.45) is 15.2 Å². The molecule has 0 aromatic heterocycles. The number of ketones is 1. The van der Waals surface area contributed by atoms with E-state index in [9.17, 15) is 14.4 Å². The number of hydrogen-bond donors (Lipinski definition) is 2. The van der Waals surface area contributed by atoms with E-state index in [0.29, 0.717) is 17.1 Å². The molecule has 2 N–H and O–H groups in total. The lowest BCUT2D eigenvalue weighted by molar-refractivity contribution is -0.128. The summed E-state index contributed by atoms with van der Waals surface area (Å²) in [6, 6.07) is 5.12. The van der Waals surface area contributed by atoms with Crippen LogP contribution in [0.4, 0.5) is 11.4 Å². The first-order valence-electron chi connectivity index (χ1n) is 10.1. The summed E-state index contributed by atoms with van der Waals surface area (Å²) in [6.07, 6.45) is 3.62. The third kappa shape index (κ3) is 5.60. The van der Waals surface area contributed by atoms with Gasteiger partial charge in [-0.15, -0.1) is 0 Å². The molecule has 0 radical (unpaired) electrons. The molecule has 0 bridgehead atoms. The second-order valence-corrected chi connectivity index (χ2v) is 10.9. The Hall–Kier alpha value is -2.44. The first kappa shape index (κ1) is 26.6. The highest BCUT2D eigenvalue weighted by Gasteiger charge is 2.34. The molecule has 2 aromatic carbocycles. The number of aliphatic imine (C=N–C) groups is 1. The Kier molecular flexibility index (Phi) is 8.36. The Morgan fingerprint density at radius 3 is 2.22 bits per heavy atom. The standard InChI is InChI=1S/C23H14Cl4IN5O3/c1-10(34)20(23(36)30-13-3-2-8-28-9-13)33-32-12-6-4-11(5-7-12)29-21-14-15(22(35)31-21)17(25)19(27)18(26)16(14)24/h2-9,20H,1H3,(H,30,36)(H,29,31,35). The second kappa shape index (κ2) is 11.3. The number of fused-ring (bicyclic) bond motifs is 1. The number of nitrogens with zero attached hydrogens (tertiary/aromatic N) is 3. The van der Waals surface area contributed by atoms with Crippen molar-refractivity contribution in [2.75, 3.05) is 0 Å². The van der Waals surface area contributed by atoms with Crippen LogP contribution < -0.4 is 10.6 Å². The Morgan fingerprint density at radius 1 is 0.972 bits per heavy atom. The zero-order chi connectivity index (χ0) is 26.0. The van der Waals surface area contributed by atoms with Gasteiger partial charge in [0.1, 0.15) is 5.84 Å². The predicted molar refractivity (Wildman–Crippen MR) is 151 cm³/mol. The molecular formula is C23H14Cl4IN5O3. The second-order valence-electron chi connectivity index (χ2n) is 7.33. The SMILES string of the molecule is CC(=O)C(N=Nc1ccc(N=C2NC(=O)c3c(Cl)c(Cl)c(Cl)c(Cl)c32)cc1)C(=O)NC1=CI=CC=C1. The number of nitrogens with one attached hydrogen (secondary N) is 2. The summed E-state index contributed by atoms with van der Waals surface area (Å²) in [5.41, 5.74) is 1.83. The van der Waals surface area contributed by atoms with Crippen molar-refractivity contribution in [3.8, 4) is 0 Å². The van der Waals surface area contributed by atoms with Gasteiger partial charge in [0.15, 0.2) is 5.78 Å². The summed E-state index contributed by atoms with van der Waals surface area (Å²) >= 11 is 24.4. The number of benzene rings is 2. The Balaban J connectivity index is 1.54. The first-order chi connectivity index (χ1) is 17.2. The minimum atomic E-state index is -1.28. The van der Waals surface area contributed by atoms with Crippen LogP contribution in [0.15, 0.2) is 61.4 Å². The maximum absolute atomic E-state index is 12.5. The van der Waals surface area contributed by atoms with Gasteiger partial charge in [0.25, 0.3) is 11.8 Å². The summed E-state index contributed by atoms with van der Waals surface area (Å²) in [6.45, 7) is 1.28. The van der Waals surface area contributed by atoms with Crippen LogP contribution in [0.5, 0.6) is 0 Å². The third-order valence-electron chi connectivity index (χ3n) is 4.84. The summed E-state index contributed by atoms with van der Waals surface area (Å²) in [5, 5.41) is 13.3. The molecule has 0 spiro atoms. The van der Waals surface area contributed by atoms with Crippen LogP contribution in [-0.4, -0.2) is 33.5 Å². The molecule has 184 valence electrons. The molecular weight excluding hydrogens is 663 g/mol. The molecule has 4 rings (SSSR count). The van der Waals surface area contributed by atoms with E-state index < -0.39 is 23.6 Å². The van der Waals surface area contributed by atoms with Gasteiger partial charge >= 0.3 is 0 Å². The Labute approximate surface area is 235 Å². The lowest BCUT2D eigenvalue weighted by Crippen LogP contribution is -2.36. The number of amidine groups is 1. The number of carbonyl (C=O) groups excluding carboxylic acids is 3. The van der Waals surface area contributed by atoms with E-state index >= 15 is 0 Å². The Bertz CT molecular complexity index is 1450. The molecule has 0 fully saturated rings. The summed E-state index contributed by atoms with van der Waals surface area (Å²) < 4.78 is 3.97. The zero-order valence-electron chi connectivity index (χ0n) is 18.2. The van der Waals surface area contributed by atoms with Crippen molar-refractivity contribution in [3.63, 3.8) is 0 Å². The van der Waals surface area contributed by atoms with Gasteiger partial charge in [0.05, 0.1) is 42.6 Å². The minimum absolute atomic E-state index is 0.0145. The molecule has 1 unspecified atom stereocenters. The average Bonchev–Trinajstić information content (AvgIpc) is 3.18. The van der Waals surface area contributed by atoms with Crippen molar-refractivity contribution in [2.45, 2.75) is 13.0 Å². The highest BCUT2D eigenvalue weighted by Crippen LogP contribution is 2.43. The quantitative estimate of drug-likeness (QED) is 0.120. The first-order valence-corrected chi connectivity index (χ1v) is 14.1. The largest absolute Gasteiger partial charge is 0.323 e. The molecule has 0 saturated carbocycles. The third-order valence-corrected chi connectivity index (χ3v) is 8.51. The lowest BCUT2D eigenvalue weighted by atomic mass is 10.1. The highest BCUT2D eigenvalue weighted by atomic mass is 127. The topological polar surface area (TPSA) is 112 Å². The highest BCUT2D eigenvalue weighted by molar-refractivity contribution is 14.2. The van der Waals surface area contributed by atoms with Gasteiger partial charge in [-0.1, -0.05) is 73.2 Å². The maximum atomic E-state index is 12.5. The van der Waals surface area contributed by atoms with Crippen LogP contribution in [0.3, 0.4) is 0 Å². The molecule has 0 aliphatic carbocycles. The minimum Gasteiger partial charge on any atom is -0.323 e. The molecule has 2 aromatic rings. The van der Waals surface area contributed by atoms with Crippen molar-refractivity contribution < 1.29 is 14.4 Å². The van der Waals surface area contributed by atoms with Crippen LogP contribution in [-0.2, 0) is 9.59 Å². The predicted octanol–water partition coefficient (Wildman–Crippen LogP) is 6.46. The van der Waals surface area contributed by atoms with E-state index in [-0.39, 0.29) is 57.8 Å². The molecule has 2 heterocycles. The van der Waals surface area contributed by atoms with E-state index in [0.717, 1.165) is 0 Å². The van der Waals surface area contributed by atoms with E-state index in [1.165, 1.54) is 6.92 Å². The molecule has 36 heavy (non-hydrogen) atoms. The number of azo groups is 1. The van der Waals surface area contributed by atoms with Gasteiger partial charge < -0.3 is 10.6 Å². The van der Waals surface area contributed by atoms with Gasteiger partial charge in [0.2, 0.25) is 6.04 Å². The number of allylic oxidation sites excluding steroid dienone is 2. The molecule has 0 saturated heterocycles. The van der Waals surface area contributed by atoms with E-state index in [2.05, 4.69) is 25.9 Å². The van der Waals surface area contributed by atoms with Crippen molar-refractivity contribution in [1.82, 2.24) is 10.6 Å². The smallest absolute Gasteiger partial charge is 0.259 e. The number of carbonyl (C=O) groups is 3. The van der Waals surface area contributed by atoms with E-state index in [1.807, 2.05) is 14.2 Å². The number of amides is 2. The molecule has 8 nitrogen and oxygen atoms in total. The fourth-order valence-electron chi connectivity index (χ4n) is 3.15. The number of hydrogen-bond acceptors (Lipinski definition) is 6. The summed E-state index contributed by atoms with van der Waals surface area (Å²) in [5.74, 6) is -1.34. The normalized spacial score (nSPS) is 16.4. The number of Topliss-reactive ketones (excluding diaryl/α,β-unsaturated/α-hetero) is 1. The van der Waals surface area contributed by atoms with E-state index in [4.69, 9.17) is 46.4 Å². The monoisotopic (exact) mass is 675 g/mol. The van der Waals surface area contributed by atoms with Crippen molar-refractivity contribution in [3.05, 3.63) is 77.4 Å². The average molecular weight is 677 g/mol. The Morgan fingerprint density at radius 2 is 1.61 bits per heavy atom. The summed E-state index contributed by atoms with van der Waals surface area (Å²) in [7, 11) is 0. The fourth-order valence-corrected chi connectivity index (χ4v) is 5.59. The van der Waals surface area contributed by atoms with Crippen LogP contribution in [0.1, 0.15) is 22.8 Å². The van der Waals surface area contributed by atoms with Crippen LogP contribution in [0, 0.1) is 0 Å². The molecule has 2 aliphatic rings. The maximum Gasteiger partial charge on any atom is 0.259 e. The van der Waals surface area contributed by atoms with Gasteiger partial charge in [0, 0.05) is 5.70 Å². The lowest BCUT2D eigenvalue weighted by Gasteiger charge is -2.10.